The lowest BCUT2D eigenvalue weighted by Gasteiger charge is -2.32. The zero-order valence-corrected chi connectivity index (χ0v) is 11.4. The highest BCUT2D eigenvalue weighted by Gasteiger charge is 2.27. The van der Waals surface area contributed by atoms with E-state index in [9.17, 15) is 0 Å². The third-order valence-electron chi connectivity index (χ3n) is 4.18. The molecule has 0 radical (unpaired) electrons. The molecule has 3 heteroatoms. The molecular formula is C16H21N3. The van der Waals surface area contributed by atoms with Gasteiger partial charge in [0.1, 0.15) is 0 Å². The highest BCUT2D eigenvalue weighted by Crippen LogP contribution is 2.32. The minimum atomic E-state index is 0.236. The van der Waals surface area contributed by atoms with Crippen LogP contribution in [0.25, 0.3) is 11.1 Å². The normalized spacial score (nSPS) is 27.4. The Bertz CT molecular complexity index is 532. The van der Waals surface area contributed by atoms with Crippen LogP contribution in [0.2, 0.25) is 0 Å². The lowest BCUT2D eigenvalue weighted by Crippen LogP contribution is -2.37. The summed E-state index contributed by atoms with van der Waals surface area (Å²) in [5, 5.41) is 4.54. The van der Waals surface area contributed by atoms with E-state index in [2.05, 4.69) is 47.2 Å². The SMILES string of the molecule is CC1CCC(N)C(n2cc(-c3ccccc3)cn2)C1. The second-order valence-corrected chi connectivity index (χ2v) is 5.72. The molecule has 100 valence electrons. The molecule has 1 aliphatic carbocycles. The molecule has 0 saturated heterocycles. The summed E-state index contributed by atoms with van der Waals surface area (Å²) in [7, 11) is 0. The predicted octanol–water partition coefficient (Wildman–Crippen LogP) is 3.24. The summed E-state index contributed by atoms with van der Waals surface area (Å²) >= 11 is 0. The molecule has 3 unspecified atom stereocenters. The van der Waals surface area contributed by atoms with E-state index in [4.69, 9.17) is 5.73 Å². The molecule has 1 aromatic carbocycles. The van der Waals surface area contributed by atoms with Crippen LogP contribution in [-0.2, 0) is 0 Å². The number of hydrogen-bond acceptors (Lipinski definition) is 2. The van der Waals surface area contributed by atoms with Gasteiger partial charge in [0.05, 0.1) is 12.2 Å². The Morgan fingerprint density at radius 2 is 1.95 bits per heavy atom. The summed E-state index contributed by atoms with van der Waals surface area (Å²) in [5.74, 6) is 0.745. The van der Waals surface area contributed by atoms with E-state index in [1.165, 1.54) is 17.5 Å². The van der Waals surface area contributed by atoms with Crippen LogP contribution in [-0.4, -0.2) is 15.8 Å². The summed E-state index contributed by atoms with van der Waals surface area (Å²) in [6.45, 7) is 2.31. The van der Waals surface area contributed by atoms with Crippen molar-refractivity contribution in [1.82, 2.24) is 9.78 Å². The van der Waals surface area contributed by atoms with Crippen molar-refractivity contribution in [1.29, 1.82) is 0 Å². The van der Waals surface area contributed by atoms with Crippen molar-refractivity contribution >= 4 is 0 Å². The average molecular weight is 255 g/mol. The van der Waals surface area contributed by atoms with Crippen LogP contribution in [0.3, 0.4) is 0 Å². The Balaban J connectivity index is 1.85. The minimum Gasteiger partial charge on any atom is -0.326 e. The zero-order chi connectivity index (χ0) is 13.2. The van der Waals surface area contributed by atoms with Gasteiger partial charge in [-0.1, -0.05) is 37.3 Å². The monoisotopic (exact) mass is 255 g/mol. The molecule has 1 saturated carbocycles. The van der Waals surface area contributed by atoms with E-state index < -0.39 is 0 Å². The molecule has 2 aromatic rings. The maximum Gasteiger partial charge on any atom is 0.0672 e. The van der Waals surface area contributed by atoms with Crippen LogP contribution in [0, 0.1) is 5.92 Å². The molecule has 2 N–H and O–H groups in total. The van der Waals surface area contributed by atoms with Gasteiger partial charge in [-0.05, 0) is 30.7 Å². The first kappa shape index (κ1) is 12.4. The topological polar surface area (TPSA) is 43.8 Å². The molecule has 0 amide bonds. The summed E-state index contributed by atoms with van der Waals surface area (Å²) < 4.78 is 2.07. The first-order valence-corrected chi connectivity index (χ1v) is 7.09. The van der Waals surface area contributed by atoms with Gasteiger partial charge >= 0.3 is 0 Å². The molecule has 3 rings (SSSR count). The quantitative estimate of drug-likeness (QED) is 0.895. The minimum absolute atomic E-state index is 0.236. The molecule has 3 nitrogen and oxygen atoms in total. The maximum absolute atomic E-state index is 6.26. The Morgan fingerprint density at radius 1 is 1.16 bits per heavy atom. The lowest BCUT2D eigenvalue weighted by atomic mass is 9.84. The van der Waals surface area contributed by atoms with Gasteiger partial charge in [-0.3, -0.25) is 4.68 Å². The van der Waals surface area contributed by atoms with E-state index in [1.807, 2.05) is 12.3 Å². The maximum atomic E-state index is 6.26. The van der Waals surface area contributed by atoms with Crippen molar-refractivity contribution in [3.05, 3.63) is 42.7 Å². The summed E-state index contributed by atoms with van der Waals surface area (Å²) in [6.07, 6.45) is 7.56. The standard InChI is InChI=1S/C16H21N3/c1-12-7-8-15(17)16(9-12)19-11-14(10-18-19)13-5-3-2-4-6-13/h2-6,10-12,15-16H,7-9,17H2,1H3. The van der Waals surface area contributed by atoms with E-state index in [0.29, 0.717) is 6.04 Å². The van der Waals surface area contributed by atoms with E-state index in [-0.39, 0.29) is 6.04 Å². The molecule has 0 spiro atoms. The highest BCUT2D eigenvalue weighted by atomic mass is 15.3. The third-order valence-corrected chi connectivity index (χ3v) is 4.18. The van der Waals surface area contributed by atoms with E-state index in [1.54, 1.807) is 0 Å². The number of rotatable bonds is 2. The van der Waals surface area contributed by atoms with Crippen LogP contribution >= 0.6 is 0 Å². The van der Waals surface area contributed by atoms with Gasteiger partial charge in [0.25, 0.3) is 0 Å². The Morgan fingerprint density at radius 3 is 2.74 bits per heavy atom. The number of hydrogen-bond donors (Lipinski definition) is 1. The fourth-order valence-corrected chi connectivity index (χ4v) is 2.98. The first-order valence-electron chi connectivity index (χ1n) is 7.09. The second-order valence-electron chi connectivity index (χ2n) is 5.72. The Labute approximate surface area is 114 Å². The van der Waals surface area contributed by atoms with E-state index >= 15 is 0 Å². The van der Waals surface area contributed by atoms with Crippen molar-refractivity contribution in [2.45, 2.75) is 38.3 Å². The van der Waals surface area contributed by atoms with Crippen molar-refractivity contribution in [2.24, 2.45) is 11.7 Å². The molecule has 1 heterocycles. The first-order chi connectivity index (χ1) is 9.24. The number of aromatic nitrogens is 2. The summed E-state index contributed by atoms with van der Waals surface area (Å²) in [5.41, 5.74) is 8.65. The second kappa shape index (κ2) is 5.17. The van der Waals surface area contributed by atoms with Gasteiger partial charge in [0.15, 0.2) is 0 Å². The molecule has 1 fully saturated rings. The van der Waals surface area contributed by atoms with Gasteiger partial charge in [0.2, 0.25) is 0 Å². The lowest BCUT2D eigenvalue weighted by molar-refractivity contribution is 0.233. The molecule has 1 aliphatic rings. The number of nitrogens with zero attached hydrogens (tertiary/aromatic N) is 2. The average Bonchev–Trinajstić information content (AvgIpc) is 2.92. The molecule has 3 atom stereocenters. The predicted molar refractivity (Wildman–Crippen MR) is 77.7 cm³/mol. The zero-order valence-electron chi connectivity index (χ0n) is 11.4. The molecule has 0 bridgehead atoms. The highest BCUT2D eigenvalue weighted by molar-refractivity contribution is 5.61. The van der Waals surface area contributed by atoms with Gasteiger partial charge in [-0.25, -0.2) is 0 Å². The van der Waals surface area contributed by atoms with Crippen molar-refractivity contribution < 1.29 is 0 Å². The fourth-order valence-electron chi connectivity index (χ4n) is 2.98. The van der Waals surface area contributed by atoms with Crippen LogP contribution in [0.15, 0.2) is 42.7 Å². The third kappa shape index (κ3) is 2.56. The van der Waals surface area contributed by atoms with Gasteiger partial charge in [0, 0.05) is 17.8 Å². The van der Waals surface area contributed by atoms with Crippen molar-refractivity contribution in [3.8, 4) is 11.1 Å². The Kier molecular flexibility index (Phi) is 3.38. The van der Waals surface area contributed by atoms with Crippen LogP contribution in [0.5, 0.6) is 0 Å². The summed E-state index contributed by atoms with van der Waals surface area (Å²) in [4.78, 5) is 0. The molecule has 1 aromatic heterocycles. The number of nitrogens with two attached hydrogens (primary N) is 1. The van der Waals surface area contributed by atoms with Gasteiger partial charge < -0.3 is 5.73 Å². The van der Waals surface area contributed by atoms with Crippen LogP contribution in [0.1, 0.15) is 32.2 Å². The van der Waals surface area contributed by atoms with Crippen LogP contribution in [0.4, 0.5) is 0 Å². The Hall–Kier alpha value is -1.61. The molecular weight excluding hydrogens is 234 g/mol. The molecule has 19 heavy (non-hydrogen) atoms. The summed E-state index contributed by atoms with van der Waals surface area (Å²) in [6, 6.07) is 11.0. The van der Waals surface area contributed by atoms with E-state index in [0.717, 1.165) is 18.8 Å². The van der Waals surface area contributed by atoms with Crippen LogP contribution < -0.4 is 5.73 Å². The van der Waals surface area contributed by atoms with Gasteiger partial charge in [-0.15, -0.1) is 0 Å². The van der Waals surface area contributed by atoms with Gasteiger partial charge in [-0.2, -0.15) is 5.10 Å². The molecule has 0 aliphatic heterocycles. The number of benzene rings is 1. The van der Waals surface area contributed by atoms with Crippen molar-refractivity contribution in [2.75, 3.05) is 0 Å². The fraction of sp³-hybridized carbons (Fsp3) is 0.438. The van der Waals surface area contributed by atoms with Crippen molar-refractivity contribution in [3.63, 3.8) is 0 Å². The smallest absolute Gasteiger partial charge is 0.0672 e. The largest absolute Gasteiger partial charge is 0.326 e.